The summed E-state index contributed by atoms with van der Waals surface area (Å²) in [5.74, 6) is -0.266. The molecule has 0 aromatic carbocycles. The molecule has 0 bridgehead atoms. The number of carbonyl (C=O) groups excluding carboxylic acids is 2. The standard InChI is InChI=1S/C16H25N3O2/c1-10(2)18-16(5,9-17)7-6-8-19-13(20)11-12(14(19)21)15(11,3)4/h10-12,18H,6-8H2,1-5H3. The Balaban J connectivity index is 1.87. The van der Waals surface area contributed by atoms with Crippen molar-refractivity contribution in [2.45, 2.75) is 59.0 Å². The first kappa shape index (κ1) is 16.0. The third-order valence-corrected chi connectivity index (χ3v) is 4.80. The number of hydrogen-bond donors (Lipinski definition) is 1. The van der Waals surface area contributed by atoms with Crippen molar-refractivity contribution in [3.8, 4) is 6.07 Å². The summed E-state index contributed by atoms with van der Waals surface area (Å²) in [6.45, 7) is 10.2. The first-order valence-electron chi connectivity index (χ1n) is 7.68. The van der Waals surface area contributed by atoms with E-state index >= 15 is 0 Å². The van der Waals surface area contributed by atoms with Crippen LogP contribution in [-0.4, -0.2) is 34.8 Å². The van der Waals surface area contributed by atoms with Crippen LogP contribution >= 0.6 is 0 Å². The molecule has 2 fully saturated rings. The van der Waals surface area contributed by atoms with Gasteiger partial charge in [0.1, 0.15) is 5.54 Å². The number of fused-ring (bicyclic) bond motifs is 1. The molecule has 1 saturated heterocycles. The van der Waals surface area contributed by atoms with Crippen LogP contribution in [-0.2, 0) is 9.59 Å². The van der Waals surface area contributed by atoms with E-state index in [0.717, 1.165) is 0 Å². The van der Waals surface area contributed by atoms with Gasteiger partial charge in [0.2, 0.25) is 11.8 Å². The van der Waals surface area contributed by atoms with Crippen LogP contribution in [0.3, 0.4) is 0 Å². The highest BCUT2D eigenvalue weighted by Gasteiger charge is 2.72. The van der Waals surface area contributed by atoms with Crippen LogP contribution in [0, 0.1) is 28.6 Å². The van der Waals surface area contributed by atoms with Gasteiger partial charge in [0.15, 0.2) is 0 Å². The summed E-state index contributed by atoms with van der Waals surface area (Å²) in [6, 6.07) is 2.51. The van der Waals surface area contributed by atoms with Gasteiger partial charge in [0.05, 0.1) is 17.9 Å². The topological polar surface area (TPSA) is 73.2 Å². The first-order chi connectivity index (χ1) is 9.64. The molecule has 2 aliphatic rings. The number of hydrogen-bond acceptors (Lipinski definition) is 4. The Labute approximate surface area is 126 Å². The maximum atomic E-state index is 12.2. The fourth-order valence-electron chi connectivity index (χ4n) is 3.61. The van der Waals surface area contributed by atoms with E-state index < -0.39 is 5.54 Å². The lowest BCUT2D eigenvalue weighted by atomic mass is 9.96. The van der Waals surface area contributed by atoms with E-state index in [2.05, 4.69) is 11.4 Å². The van der Waals surface area contributed by atoms with Crippen molar-refractivity contribution in [1.29, 1.82) is 5.26 Å². The van der Waals surface area contributed by atoms with Gasteiger partial charge in [-0.3, -0.25) is 19.8 Å². The molecule has 2 amide bonds. The van der Waals surface area contributed by atoms with Crippen LogP contribution in [0.15, 0.2) is 0 Å². The molecule has 0 spiro atoms. The van der Waals surface area contributed by atoms with Crippen LogP contribution in [0.1, 0.15) is 47.5 Å². The molecule has 1 aliphatic heterocycles. The number of amides is 2. The highest BCUT2D eigenvalue weighted by molar-refractivity contribution is 6.10. The number of nitriles is 1. The minimum Gasteiger partial charge on any atom is -0.297 e. The predicted molar refractivity (Wildman–Crippen MR) is 79.0 cm³/mol. The Morgan fingerprint density at radius 1 is 1.33 bits per heavy atom. The lowest BCUT2D eigenvalue weighted by Crippen LogP contribution is -2.45. The van der Waals surface area contributed by atoms with Crippen molar-refractivity contribution in [2.24, 2.45) is 17.3 Å². The Hall–Kier alpha value is -1.41. The number of carbonyl (C=O) groups is 2. The quantitative estimate of drug-likeness (QED) is 0.756. The Morgan fingerprint density at radius 2 is 1.86 bits per heavy atom. The minimum absolute atomic E-state index is 0.0227. The van der Waals surface area contributed by atoms with Crippen molar-refractivity contribution < 1.29 is 9.59 Å². The van der Waals surface area contributed by atoms with E-state index in [1.165, 1.54) is 4.90 Å². The molecule has 0 radical (unpaired) electrons. The molecule has 1 N–H and O–H groups in total. The second kappa shape index (κ2) is 5.10. The molecule has 5 nitrogen and oxygen atoms in total. The molecule has 1 aliphatic carbocycles. The van der Waals surface area contributed by atoms with Crippen LogP contribution in [0.5, 0.6) is 0 Å². The fourth-order valence-corrected chi connectivity index (χ4v) is 3.61. The minimum atomic E-state index is -0.609. The van der Waals surface area contributed by atoms with E-state index in [4.69, 9.17) is 0 Å². The molecule has 5 heteroatoms. The number of likely N-dealkylation sites (tertiary alicyclic amines) is 1. The Bertz CT molecular complexity index is 482. The zero-order valence-electron chi connectivity index (χ0n) is 13.6. The number of imide groups is 1. The second-order valence-electron chi connectivity index (χ2n) is 7.45. The number of nitrogens with zero attached hydrogens (tertiary/aromatic N) is 2. The smallest absolute Gasteiger partial charge is 0.233 e. The normalized spacial score (nSPS) is 29.3. The van der Waals surface area contributed by atoms with Crippen LogP contribution in [0.2, 0.25) is 0 Å². The summed E-state index contributed by atoms with van der Waals surface area (Å²) < 4.78 is 0. The van der Waals surface area contributed by atoms with Crippen molar-refractivity contribution in [2.75, 3.05) is 6.54 Å². The van der Waals surface area contributed by atoms with Crippen molar-refractivity contribution in [3.05, 3.63) is 0 Å². The summed E-state index contributed by atoms with van der Waals surface area (Å²) in [6.07, 6.45) is 1.28. The highest BCUT2D eigenvalue weighted by Crippen LogP contribution is 2.63. The summed E-state index contributed by atoms with van der Waals surface area (Å²) in [5, 5.41) is 12.5. The fraction of sp³-hybridized carbons (Fsp3) is 0.812. The number of nitrogens with one attached hydrogen (secondary N) is 1. The van der Waals surface area contributed by atoms with E-state index in [1.807, 2.05) is 34.6 Å². The lowest BCUT2D eigenvalue weighted by molar-refractivity contribution is -0.143. The molecule has 0 aromatic rings. The molecular formula is C16H25N3O2. The lowest BCUT2D eigenvalue weighted by Gasteiger charge is -2.27. The van der Waals surface area contributed by atoms with Crippen molar-refractivity contribution in [3.63, 3.8) is 0 Å². The SMILES string of the molecule is CC(C)NC(C)(C#N)CCCN1C(=O)C2C(C1=O)C2(C)C. The zero-order valence-corrected chi connectivity index (χ0v) is 13.6. The molecule has 0 aromatic heterocycles. The van der Waals surface area contributed by atoms with Gasteiger partial charge in [0.25, 0.3) is 0 Å². The largest absolute Gasteiger partial charge is 0.297 e. The second-order valence-corrected chi connectivity index (χ2v) is 7.45. The van der Waals surface area contributed by atoms with Gasteiger partial charge in [-0.25, -0.2) is 0 Å². The van der Waals surface area contributed by atoms with Crippen LogP contribution in [0.25, 0.3) is 0 Å². The maximum Gasteiger partial charge on any atom is 0.233 e. The van der Waals surface area contributed by atoms with E-state index in [0.29, 0.717) is 19.4 Å². The van der Waals surface area contributed by atoms with Crippen LogP contribution in [0.4, 0.5) is 0 Å². The van der Waals surface area contributed by atoms with Crippen molar-refractivity contribution >= 4 is 11.8 Å². The Kier molecular flexibility index (Phi) is 3.88. The van der Waals surface area contributed by atoms with E-state index in [-0.39, 0.29) is 35.1 Å². The average Bonchev–Trinajstić information content (AvgIpc) is 2.84. The molecule has 1 saturated carbocycles. The van der Waals surface area contributed by atoms with E-state index in [9.17, 15) is 14.9 Å². The van der Waals surface area contributed by atoms with Gasteiger partial charge in [-0.05, 0) is 39.0 Å². The summed E-state index contributed by atoms with van der Waals surface area (Å²) in [4.78, 5) is 25.8. The summed E-state index contributed by atoms with van der Waals surface area (Å²) >= 11 is 0. The number of rotatable bonds is 6. The zero-order chi connectivity index (χ0) is 16.0. The molecule has 3 atom stereocenters. The molecule has 3 unspecified atom stereocenters. The maximum absolute atomic E-state index is 12.2. The summed E-state index contributed by atoms with van der Waals surface area (Å²) in [7, 11) is 0. The highest BCUT2D eigenvalue weighted by atomic mass is 16.2. The molecule has 1 heterocycles. The van der Waals surface area contributed by atoms with Crippen molar-refractivity contribution in [1.82, 2.24) is 10.2 Å². The third-order valence-electron chi connectivity index (χ3n) is 4.80. The third kappa shape index (κ3) is 2.69. The summed E-state index contributed by atoms with van der Waals surface area (Å²) in [5.41, 5.74) is -0.757. The predicted octanol–water partition coefficient (Wildman–Crippen LogP) is 1.69. The van der Waals surface area contributed by atoms with E-state index in [1.54, 1.807) is 0 Å². The van der Waals surface area contributed by atoms with Crippen LogP contribution < -0.4 is 5.32 Å². The monoisotopic (exact) mass is 291 g/mol. The Morgan fingerprint density at radius 3 is 2.29 bits per heavy atom. The van der Waals surface area contributed by atoms with Gasteiger partial charge in [-0.15, -0.1) is 0 Å². The molecule has 2 rings (SSSR count). The molecular weight excluding hydrogens is 266 g/mol. The van der Waals surface area contributed by atoms with Gasteiger partial charge in [-0.1, -0.05) is 13.8 Å². The average molecular weight is 291 g/mol. The van der Waals surface area contributed by atoms with Gasteiger partial charge < -0.3 is 0 Å². The number of piperidine rings is 1. The molecule has 21 heavy (non-hydrogen) atoms. The van der Waals surface area contributed by atoms with Gasteiger partial charge >= 0.3 is 0 Å². The molecule has 116 valence electrons. The van der Waals surface area contributed by atoms with Gasteiger partial charge in [-0.2, -0.15) is 5.26 Å². The first-order valence-corrected chi connectivity index (χ1v) is 7.68. The van der Waals surface area contributed by atoms with Gasteiger partial charge in [0, 0.05) is 12.6 Å².